The molecule has 0 radical (unpaired) electrons. The van der Waals surface area contributed by atoms with Gasteiger partial charge in [-0.05, 0) is 86.9 Å². The van der Waals surface area contributed by atoms with E-state index in [4.69, 9.17) is 9.73 Å². The van der Waals surface area contributed by atoms with Crippen molar-refractivity contribution in [3.8, 4) is 0 Å². The molecule has 0 aliphatic heterocycles. The van der Waals surface area contributed by atoms with Gasteiger partial charge in [0.1, 0.15) is 5.76 Å². The standard InChI is InChI=1S/C26H39NO/c1-17-11-13-25(4)20(15-17)7-8-21-23-10-9-22(19(3)27-16-18(2)28-6)26(23,5)14-12-24(21)25/h15,21-24H,1-2,7-14,16H2,3-6H3. The Hall–Kier alpha value is -1.31. The lowest BCUT2D eigenvalue weighted by Crippen LogP contribution is -2.50. The van der Waals surface area contributed by atoms with E-state index >= 15 is 0 Å². The van der Waals surface area contributed by atoms with Crippen LogP contribution in [0.15, 0.2) is 41.1 Å². The van der Waals surface area contributed by atoms with E-state index in [1.807, 2.05) is 0 Å². The molecule has 3 saturated carbocycles. The second-order valence-corrected chi connectivity index (χ2v) is 10.5. The molecule has 0 bridgehead atoms. The van der Waals surface area contributed by atoms with Crippen LogP contribution in [0.1, 0.15) is 72.1 Å². The second kappa shape index (κ2) is 7.18. The van der Waals surface area contributed by atoms with Crippen molar-refractivity contribution in [1.29, 1.82) is 0 Å². The lowest BCUT2D eigenvalue weighted by atomic mass is 9.46. The summed E-state index contributed by atoms with van der Waals surface area (Å²) in [7, 11) is 1.69. The SMILES string of the molecule is C=C1C=C2CCC3C(CCC4(C)C(C(C)=NCC(=C)OC)CCC34)C2(C)CC1. The second-order valence-electron chi connectivity index (χ2n) is 10.5. The van der Waals surface area contributed by atoms with Crippen LogP contribution in [0.3, 0.4) is 0 Å². The summed E-state index contributed by atoms with van der Waals surface area (Å²) in [6.45, 7) is 16.2. The summed E-state index contributed by atoms with van der Waals surface area (Å²) in [6.07, 6.45) is 13.1. The molecule has 3 fully saturated rings. The van der Waals surface area contributed by atoms with E-state index in [0.29, 0.717) is 23.3 Å². The predicted molar refractivity (Wildman–Crippen MR) is 118 cm³/mol. The van der Waals surface area contributed by atoms with Crippen molar-refractivity contribution >= 4 is 5.71 Å². The van der Waals surface area contributed by atoms with Gasteiger partial charge >= 0.3 is 0 Å². The van der Waals surface area contributed by atoms with Gasteiger partial charge in [-0.2, -0.15) is 0 Å². The number of fused-ring (bicyclic) bond motifs is 5. The zero-order chi connectivity index (χ0) is 20.1. The molecule has 6 atom stereocenters. The fourth-order valence-electron chi connectivity index (χ4n) is 7.72. The fourth-order valence-corrected chi connectivity index (χ4v) is 7.72. The number of ether oxygens (including phenoxy) is 1. The molecule has 6 unspecified atom stereocenters. The first-order valence-electron chi connectivity index (χ1n) is 11.4. The minimum Gasteiger partial charge on any atom is -0.500 e. The van der Waals surface area contributed by atoms with E-state index in [1.165, 1.54) is 62.7 Å². The third kappa shape index (κ3) is 3.02. The maximum absolute atomic E-state index is 5.22. The molecule has 0 amide bonds. The molecule has 0 aromatic heterocycles. The van der Waals surface area contributed by atoms with Crippen LogP contribution in [0.2, 0.25) is 0 Å². The minimum atomic E-state index is 0.430. The van der Waals surface area contributed by atoms with Gasteiger partial charge in [-0.15, -0.1) is 0 Å². The van der Waals surface area contributed by atoms with Crippen LogP contribution in [-0.2, 0) is 4.74 Å². The van der Waals surface area contributed by atoms with Crippen molar-refractivity contribution in [1.82, 2.24) is 0 Å². The molecule has 154 valence electrons. The summed E-state index contributed by atoms with van der Waals surface area (Å²) in [5, 5.41) is 0. The van der Waals surface area contributed by atoms with Crippen LogP contribution in [0.5, 0.6) is 0 Å². The quantitative estimate of drug-likeness (QED) is 0.390. The van der Waals surface area contributed by atoms with Gasteiger partial charge in [0.05, 0.1) is 13.7 Å². The zero-order valence-electron chi connectivity index (χ0n) is 18.5. The number of nitrogens with zero attached hydrogens (tertiary/aromatic N) is 1. The van der Waals surface area contributed by atoms with Gasteiger partial charge in [-0.3, -0.25) is 4.99 Å². The molecule has 4 aliphatic carbocycles. The number of hydrogen-bond acceptors (Lipinski definition) is 2. The van der Waals surface area contributed by atoms with Crippen molar-refractivity contribution in [3.05, 3.63) is 36.1 Å². The van der Waals surface area contributed by atoms with Gasteiger partial charge in [-0.25, -0.2) is 0 Å². The van der Waals surface area contributed by atoms with Crippen molar-refractivity contribution in [2.45, 2.75) is 72.1 Å². The molecule has 0 saturated heterocycles. The average molecular weight is 382 g/mol. The van der Waals surface area contributed by atoms with Crippen LogP contribution in [0.25, 0.3) is 0 Å². The first-order chi connectivity index (χ1) is 13.3. The van der Waals surface area contributed by atoms with Gasteiger partial charge in [0.15, 0.2) is 0 Å². The van der Waals surface area contributed by atoms with E-state index in [-0.39, 0.29) is 0 Å². The highest BCUT2D eigenvalue weighted by molar-refractivity contribution is 5.85. The first kappa shape index (κ1) is 20.0. The highest BCUT2D eigenvalue weighted by atomic mass is 16.5. The van der Waals surface area contributed by atoms with Gasteiger partial charge < -0.3 is 4.74 Å². The Kier molecular flexibility index (Phi) is 5.13. The highest BCUT2D eigenvalue weighted by Gasteiger charge is 2.59. The summed E-state index contributed by atoms with van der Waals surface area (Å²) >= 11 is 0. The smallest absolute Gasteiger partial charge is 0.110 e. The minimum absolute atomic E-state index is 0.430. The average Bonchev–Trinajstić information content (AvgIpc) is 3.03. The van der Waals surface area contributed by atoms with Crippen molar-refractivity contribution < 1.29 is 4.74 Å². The molecule has 28 heavy (non-hydrogen) atoms. The highest BCUT2D eigenvalue weighted by Crippen LogP contribution is 2.67. The van der Waals surface area contributed by atoms with Gasteiger partial charge in [0.2, 0.25) is 0 Å². The molecule has 0 spiro atoms. The van der Waals surface area contributed by atoms with Crippen LogP contribution in [0.4, 0.5) is 0 Å². The number of rotatable bonds is 4. The topological polar surface area (TPSA) is 21.6 Å². The predicted octanol–water partition coefficient (Wildman–Crippen LogP) is 6.74. The molecule has 4 rings (SSSR count). The number of allylic oxidation sites excluding steroid dienone is 3. The zero-order valence-corrected chi connectivity index (χ0v) is 18.5. The van der Waals surface area contributed by atoms with Gasteiger partial charge in [-0.1, -0.05) is 44.2 Å². The van der Waals surface area contributed by atoms with Crippen LogP contribution in [-0.4, -0.2) is 19.4 Å². The molecule has 2 nitrogen and oxygen atoms in total. The van der Waals surface area contributed by atoms with Crippen LogP contribution in [0, 0.1) is 34.5 Å². The largest absolute Gasteiger partial charge is 0.500 e. The molecular weight excluding hydrogens is 342 g/mol. The Morgan fingerprint density at radius 1 is 1.14 bits per heavy atom. The molecule has 4 aliphatic rings. The Morgan fingerprint density at radius 3 is 2.68 bits per heavy atom. The van der Waals surface area contributed by atoms with E-state index in [9.17, 15) is 0 Å². The van der Waals surface area contributed by atoms with Gasteiger partial charge in [0.25, 0.3) is 0 Å². The van der Waals surface area contributed by atoms with E-state index in [2.05, 4.69) is 40.0 Å². The Morgan fingerprint density at radius 2 is 1.93 bits per heavy atom. The number of aliphatic imine (C=N–C) groups is 1. The molecule has 2 heteroatoms. The maximum Gasteiger partial charge on any atom is 0.110 e. The lowest BCUT2D eigenvalue weighted by Gasteiger charge is -2.58. The third-order valence-corrected chi connectivity index (χ3v) is 9.38. The maximum atomic E-state index is 5.22. The Balaban J connectivity index is 1.56. The van der Waals surface area contributed by atoms with Crippen molar-refractivity contribution in [2.75, 3.05) is 13.7 Å². The fraction of sp³-hybridized carbons (Fsp3) is 0.731. The summed E-state index contributed by atoms with van der Waals surface area (Å²) in [5.41, 5.74) is 5.27. The Labute approximate surface area is 172 Å². The monoisotopic (exact) mass is 381 g/mol. The van der Waals surface area contributed by atoms with Crippen LogP contribution < -0.4 is 0 Å². The number of hydrogen-bond donors (Lipinski definition) is 0. The molecule has 0 N–H and O–H groups in total. The third-order valence-electron chi connectivity index (χ3n) is 9.38. The number of methoxy groups -OCH3 is 1. The molecular formula is C26H39NO. The van der Waals surface area contributed by atoms with Gasteiger partial charge in [0, 0.05) is 11.6 Å². The summed E-state index contributed by atoms with van der Waals surface area (Å²) < 4.78 is 5.22. The normalized spacial score (nSPS) is 42.9. The summed E-state index contributed by atoms with van der Waals surface area (Å²) in [6, 6.07) is 0. The van der Waals surface area contributed by atoms with Crippen LogP contribution >= 0.6 is 0 Å². The summed E-state index contributed by atoms with van der Waals surface area (Å²) in [4.78, 5) is 4.88. The summed E-state index contributed by atoms with van der Waals surface area (Å²) in [5.74, 6) is 4.05. The van der Waals surface area contributed by atoms with E-state index < -0.39 is 0 Å². The molecule has 0 aromatic carbocycles. The molecule has 0 aromatic rings. The lowest BCUT2D eigenvalue weighted by molar-refractivity contribution is -0.0417. The molecule has 0 heterocycles. The first-order valence-corrected chi connectivity index (χ1v) is 11.4. The Bertz CT molecular complexity index is 731. The van der Waals surface area contributed by atoms with Crippen molar-refractivity contribution in [2.24, 2.45) is 39.5 Å². The van der Waals surface area contributed by atoms with Crippen molar-refractivity contribution in [3.63, 3.8) is 0 Å². The van der Waals surface area contributed by atoms with E-state index in [1.54, 1.807) is 12.7 Å². The van der Waals surface area contributed by atoms with E-state index in [0.717, 1.165) is 23.5 Å².